The van der Waals surface area contributed by atoms with E-state index >= 15 is 0 Å². The van der Waals surface area contributed by atoms with E-state index < -0.39 is 11.5 Å². The summed E-state index contributed by atoms with van der Waals surface area (Å²) in [6, 6.07) is -0.596. The van der Waals surface area contributed by atoms with Crippen LogP contribution in [-0.4, -0.2) is 60.9 Å². The van der Waals surface area contributed by atoms with Crippen LogP contribution in [0.25, 0.3) is 0 Å². The standard InChI is InChI=1S/C18H30N3O4/c1-12(17(19)24)18(2,3)7-6-15(23)20-16-13(22)11-25-14(16)10-21-8-4-5-9-21/h6,12,14,16H,4-5,7-11H2,1-3H3,(H2,19,24)(H,20,23). The highest BCUT2D eigenvalue weighted by Crippen LogP contribution is 2.31. The van der Waals surface area contributed by atoms with Crippen LogP contribution in [0.15, 0.2) is 0 Å². The summed E-state index contributed by atoms with van der Waals surface area (Å²) in [6.45, 7) is 8.29. The number of Topliss-reactive ketones (excluding diaryl/α,β-unsaturated/α-hetero) is 1. The number of nitrogens with zero attached hydrogens (tertiary/aromatic N) is 1. The quantitative estimate of drug-likeness (QED) is 0.653. The van der Waals surface area contributed by atoms with Crippen molar-refractivity contribution in [2.45, 2.75) is 52.2 Å². The molecule has 1 radical (unpaired) electrons. The Labute approximate surface area is 149 Å². The number of likely N-dealkylation sites (tertiary alicyclic amines) is 1. The molecule has 0 aliphatic carbocycles. The highest BCUT2D eigenvalue weighted by molar-refractivity contribution is 5.94. The van der Waals surface area contributed by atoms with Gasteiger partial charge in [-0.05, 0) is 37.8 Å². The molecule has 0 aromatic rings. The Bertz CT molecular complexity index is 514. The van der Waals surface area contributed by atoms with Gasteiger partial charge in [-0.15, -0.1) is 0 Å². The number of amides is 2. The fraction of sp³-hybridized carbons (Fsp3) is 0.778. The molecule has 2 rings (SSSR count). The lowest BCUT2D eigenvalue weighted by Crippen LogP contribution is -2.49. The third-order valence-electron chi connectivity index (χ3n) is 5.51. The smallest absolute Gasteiger partial charge is 0.224 e. The third-order valence-corrected chi connectivity index (χ3v) is 5.51. The molecule has 0 aromatic carbocycles. The van der Waals surface area contributed by atoms with Crippen molar-refractivity contribution in [3.05, 3.63) is 6.42 Å². The Balaban J connectivity index is 1.85. The molecular weight excluding hydrogens is 322 g/mol. The molecule has 0 bridgehead atoms. The zero-order chi connectivity index (χ0) is 18.6. The van der Waals surface area contributed by atoms with Gasteiger partial charge < -0.3 is 20.7 Å². The number of ketones is 1. The average Bonchev–Trinajstić information content (AvgIpc) is 3.17. The summed E-state index contributed by atoms with van der Waals surface area (Å²) in [7, 11) is 0. The number of rotatable bonds is 8. The van der Waals surface area contributed by atoms with E-state index in [1.807, 2.05) is 13.8 Å². The summed E-state index contributed by atoms with van der Waals surface area (Å²) < 4.78 is 5.57. The van der Waals surface area contributed by atoms with E-state index in [1.54, 1.807) is 6.92 Å². The van der Waals surface area contributed by atoms with Gasteiger partial charge in [0, 0.05) is 12.5 Å². The van der Waals surface area contributed by atoms with E-state index in [0.717, 1.165) is 13.1 Å². The molecule has 0 aromatic heterocycles. The minimum Gasteiger partial charge on any atom is -0.369 e. The van der Waals surface area contributed by atoms with Crippen LogP contribution in [0.5, 0.6) is 0 Å². The first-order valence-electron chi connectivity index (χ1n) is 9.00. The average molecular weight is 352 g/mol. The summed E-state index contributed by atoms with van der Waals surface area (Å²) >= 11 is 0. The van der Waals surface area contributed by atoms with Gasteiger partial charge in [0.1, 0.15) is 12.6 Å². The maximum absolute atomic E-state index is 12.3. The van der Waals surface area contributed by atoms with E-state index in [-0.39, 0.29) is 36.2 Å². The molecule has 141 valence electrons. The minimum absolute atomic E-state index is 0.0493. The topological polar surface area (TPSA) is 102 Å². The number of carbonyl (C=O) groups is 3. The van der Waals surface area contributed by atoms with Gasteiger partial charge in [-0.1, -0.05) is 20.8 Å². The van der Waals surface area contributed by atoms with Gasteiger partial charge in [0.05, 0.1) is 12.5 Å². The molecule has 0 spiro atoms. The van der Waals surface area contributed by atoms with Gasteiger partial charge in [0.2, 0.25) is 11.8 Å². The third kappa shape index (κ3) is 5.25. The van der Waals surface area contributed by atoms with Crippen LogP contribution in [0.4, 0.5) is 0 Å². The van der Waals surface area contributed by atoms with Gasteiger partial charge in [-0.25, -0.2) is 0 Å². The second kappa shape index (κ2) is 8.27. The first-order valence-corrected chi connectivity index (χ1v) is 9.00. The van der Waals surface area contributed by atoms with E-state index in [9.17, 15) is 14.4 Å². The fourth-order valence-electron chi connectivity index (χ4n) is 3.26. The van der Waals surface area contributed by atoms with E-state index in [4.69, 9.17) is 10.5 Å². The second-order valence-corrected chi connectivity index (χ2v) is 7.83. The van der Waals surface area contributed by atoms with Crippen LogP contribution < -0.4 is 11.1 Å². The van der Waals surface area contributed by atoms with Crippen molar-refractivity contribution in [2.75, 3.05) is 26.2 Å². The van der Waals surface area contributed by atoms with Crippen LogP contribution in [-0.2, 0) is 19.1 Å². The number of primary amides is 1. The van der Waals surface area contributed by atoms with Crippen LogP contribution in [0, 0.1) is 17.8 Å². The van der Waals surface area contributed by atoms with E-state index in [1.165, 1.54) is 19.3 Å². The number of nitrogens with two attached hydrogens (primary N) is 1. The van der Waals surface area contributed by atoms with Crippen LogP contribution >= 0.6 is 0 Å². The zero-order valence-corrected chi connectivity index (χ0v) is 15.4. The fourth-order valence-corrected chi connectivity index (χ4v) is 3.26. The largest absolute Gasteiger partial charge is 0.369 e. The number of nitrogens with one attached hydrogen (secondary N) is 1. The summed E-state index contributed by atoms with van der Waals surface area (Å²) in [6.07, 6.45) is 3.94. The van der Waals surface area contributed by atoms with Crippen LogP contribution in [0.2, 0.25) is 0 Å². The van der Waals surface area contributed by atoms with Crippen molar-refractivity contribution < 1.29 is 19.1 Å². The number of carbonyl (C=O) groups excluding carboxylic acids is 3. The molecule has 7 heteroatoms. The Morgan fingerprint density at radius 1 is 1.40 bits per heavy atom. The van der Waals surface area contributed by atoms with Crippen molar-refractivity contribution in [1.29, 1.82) is 0 Å². The highest BCUT2D eigenvalue weighted by Gasteiger charge is 2.38. The Morgan fingerprint density at radius 2 is 2.04 bits per heavy atom. The Kier molecular flexibility index (Phi) is 6.57. The number of hydrogen-bond donors (Lipinski definition) is 2. The van der Waals surface area contributed by atoms with E-state index in [0.29, 0.717) is 13.0 Å². The second-order valence-electron chi connectivity index (χ2n) is 7.83. The van der Waals surface area contributed by atoms with Gasteiger partial charge in [-0.2, -0.15) is 0 Å². The molecule has 7 nitrogen and oxygen atoms in total. The first-order chi connectivity index (χ1) is 11.7. The molecule has 2 fully saturated rings. The molecule has 3 unspecified atom stereocenters. The molecule has 3 atom stereocenters. The summed E-state index contributed by atoms with van der Waals surface area (Å²) in [5.41, 5.74) is 4.93. The molecule has 2 heterocycles. The molecule has 25 heavy (non-hydrogen) atoms. The van der Waals surface area contributed by atoms with Gasteiger partial charge in [0.15, 0.2) is 5.78 Å². The maximum atomic E-state index is 12.3. The van der Waals surface area contributed by atoms with Crippen molar-refractivity contribution in [3.8, 4) is 0 Å². The zero-order valence-electron chi connectivity index (χ0n) is 15.4. The van der Waals surface area contributed by atoms with Crippen molar-refractivity contribution in [3.63, 3.8) is 0 Å². The Hall–Kier alpha value is -1.47. The lowest BCUT2D eigenvalue weighted by Gasteiger charge is -2.29. The maximum Gasteiger partial charge on any atom is 0.224 e. The summed E-state index contributed by atoms with van der Waals surface area (Å²) in [4.78, 5) is 38.0. The molecule has 2 amide bonds. The monoisotopic (exact) mass is 352 g/mol. The van der Waals surface area contributed by atoms with Crippen molar-refractivity contribution in [1.82, 2.24) is 10.2 Å². The lowest BCUT2D eigenvalue weighted by molar-refractivity contribution is -0.126. The Morgan fingerprint density at radius 3 is 2.64 bits per heavy atom. The SMILES string of the molecule is CC(C(N)=O)C(C)(C)C[CH]C(=O)NC1C(=O)COC1CN1CCCC1. The molecule has 0 saturated carbocycles. The van der Waals surface area contributed by atoms with Crippen molar-refractivity contribution >= 4 is 17.6 Å². The number of ether oxygens (including phenoxy) is 1. The van der Waals surface area contributed by atoms with Crippen molar-refractivity contribution in [2.24, 2.45) is 17.1 Å². The molecular formula is C18H30N3O4. The van der Waals surface area contributed by atoms with Crippen LogP contribution in [0.1, 0.15) is 40.0 Å². The van der Waals surface area contributed by atoms with Gasteiger partial charge in [-0.3, -0.25) is 14.4 Å². The van der Waals surface area contributed by atoms with Gasteiger partial charge in [0.25, 0.3) is 0 Å². The van der Waals surface area contributed by atoms with Crippen LogP contribution in [0.3, 0.4) is 0 Å². The first kappa shape index (κ1) is 19.8. The lowest BCUT2D eigenvalue weighted by atomic mass is 9.76. The summed E-state index contributed by atoms with van der Waals surface area (Å²) in [5.74, 6) is -1.13. The normalized spacial score (nSPS) is 26.0. The molecule has 2 saturated heterocycles. The predicted molar refractivity (Wildman–Crippen MR) is 93.4 cm³/mol. The minimum atomic E-state index is -0.596. The molecule has 3 N–H and O–H groups in total. The molecule has 2 aliphatic rings. The predicted octanol–water partition coefficient (Wildman–Crippen LogP) is 0.277. The van der Waals surface area contributed by atoms with Gasteiger partial charge >= 0.3 is 0 Å². The van der Waals surface area contributed by atoms with E-state index in [2.05, 4.69) is 10.2 Å². The number of hydrogen-bond acceptors (Lipinski definition) is 5. The molecule has 2 aliphatic heterocycles. The summed E-state index contributed by atoms with van der Waals surface area (Å²) in [5, 5.41) is 2.78. The highest BCUT2D eigenvalue weighted by atomic mass is 16.5.